The first-order chi connectivity index (χ1) is 14.9. The highest BCUT2D eigenvalue weighted by Gasteiger charge is 2.31. The molecular formula is C23H26N4O3S. The van der Waals surface area contributed by atoms with Gasteiger partial charge >= 0.3 is 0 Å². The summed E-state index contributed by atoms with van der Waals surface area (Å²) in [6.45, 7) is 6.87. The molecule has 0 bridgehead atoms. The SMILES string of the molecule is C=CCn1cc(C2CCN(S(=O)(=O)c3ccc(NC(C)=O)cc3)CC2)c2cccnc21. The molecule has 3 aromatic rings. The van der Waals surface area contributed by atoms with E-state index < -0.39 is 10.0 Å². The first kappa shape index (κ1) is 21.3. The highest BCUT2D eigenvalue weighted by atomic mass is 32.2. The van der Waals surface area contributed by atoms with E-state index in [9.17, 15) is 13.2 Å². The van der Waals surface area contributed by atoms with Gasteiger partial charge in [-0.2, -0.15) is 4.31 Å². The quantitative estimate of drug-likeness (QED) is 0.594. The number of pyridine rings is 1. The molecule has 31 heavy (non-hydrogen) atoms. The molecule has 1 aromatic carbocycles. The number of benzene rings is 1. The van der Waals surface area contributed by atoms with Crippen LogP contribution in [0.1, 0.15) is 31.2 Å². The first-order valence-electron chi connectivity index (χ1n) is 10.3. The van der Waals surface area contributed by atoms with Crippen molar-refractivity contribution in [1.29, 1.82) is 0 Å². The zero-order chi connectivity index (χ0) is 22.0. The van der Waals surface area contributed by atoms with Crippen molar-refractivity contribution in [2.45, 2.75) is 37.1 Å². The summed E-state index contributed by atoms with van der Waals surface area (Å²) >= 11 is 0. The summed E-state index contributed by atoms with van der Waals surface area (Å²) in [5, 5.41) is 3.78. The summed E-state index contributed by atoms with van der Waals surface area (Å²) < 4.78 is 29.8. The number of rotatable bonds is 6. The molecule has 1 aliphatic heterocycles. The number of fused-ring (bicyclic) bond motifs is 1. The number of hydrogen-bond acceptors (Lipinski definition) is 4. The summed E-state index contributed by atoms with van der Waals surface area (Å²) in [4.78, 5) is 15.9. The third kappa shape index (κ3) is 4.26. The minimum atomic E-state index is -3.57. The van der Waals surface area contributed by atoms with Gasteiger partial charge in [0.05, 0.1) is 4.90 Å². The Labute approximate surface area is 182 Å². The van der Waals surface area contributed by atoms with E-state index in [2.05, 4.69) is 33.7 Å². The molecule has 0 spiro atoms. The summed E-state index contributed by atoms with van der Waals surface area (Å²) in [6, 6.07) is 10.3. The second kappa shape index (κ2) is 8.64. The molecule has 4 rings (SSSR count). The summed E-state index contributed by atoms with van der Waals surface area (Å²) in [6.07, 6.45) is 7.29. The average Bonchev–Trinajstić information content (AvgIpc) is 3.13. The lowest BCUT2D eigenvalue weighted by atomic mass is 9.90. The van der Waals surface area contributed by atoms with Crippen molar-refractivity contribution in [3.63, 3.8) is 0 Å². The summed E-state index contributed by atoms with van der Waals surface area (Å²) in [5.41, 5.74) is 2.74. The summed E-state index contributed by atoms with van der Waals surface area (Å²) in [5.74, 6) is 0.0914. The number of piperidine rings is 1. The molecule has 0 saturated carbocycles. The molecule has 1 saturated heterocycles. The molecule has 1 N–H and O–H groups in total. The zero-order valence-electron chi connectivity index (χ0n) is 17.5. The highest BCUT2D eigenvalue weighted by Crippen LogP contribution is 2.35. The third-order valence-corrected chi connectivity index (χ3v) is 7.61. The number of allylic oxidation sites excluding steroid dienone is 1. The molecular weight excluding hydrogens is 412 g/mol. The van der Waals surface area contributed by atoms with Crippen LogP contribution in [0.25, 0.3) is 11.0 Å². The maximum atomic E-state index is 13.1. The Morgan fingerprint density at radius 2 is 1.94 bits per heavy atom. The molecule has 0 aliphatic carbocycles. The fraction of sp³-hybridized carbons (Fsp3) is 0.304. The van der Waals surface area contributed by atoms with E-state index in [0.717, 1.165) is 23.9 Å². The second-order valence-electron chi connectivity index (χ2n) is 7.78. The lowest BCUT2D eigenvalue weighted by Crippen LogP contribution is -2.37. The van der Waals surface area contributed by atoms with Crippen molar-refractivity contribution in [2.75, 3.05) is 18.4 Å². The number of amides is 1. The van der Waals surface area contributed by atoms with Crippen molar-refractivity contribution < 1.29 is 13.2 Å². The molecule has 2 aromatic heterocycles. The fourth-order valence-electron chi connectivity index (χ4n) is 4.22. The Hall–Kier alpha value is -2.97. The first-order valence-corrected chi connectivity index (χ1v) is 11.8. The minimum Gasteiger partial charge on any atom is -0.328 e. The number of nitrogens with one attached hydrogen (secondary N) is 1. The number of carbonyl (C=O) groups is 1. The van der Waals surface area contributed by atoms with Gasteiger partial charge in [0, 0.05) is 50.0 Å². The predicted octanol–water partition coefficient (Wildman–Crippen LogP) is 3.75. The number of hydrogen-bond donors (Lipinski definition) is 1. The Kier molecular flexibility index (Phi) is 5.93. The van der Waals surface area contributed by atoms with Crippen molar-refractivity contribution in [3.8, 4) is 0 Å². The van der Waals surface area contributed by atoms with Crippen LogP contribution >= 0.6 is 0 Å². The standard InChI is InChI=1S/C23H26N4O3S/c1-3-13-26-16-22(21-5-4-12-24-23(21)26)18-10-14-27(15-11-18)31(29,30)20-8-6-19(7-9-20)25-17(2)28/h3-9,12,16,18H,1,10-11,13-15H2,2H3,(H,25,28). The fourth-order valence-corrected chi connectivity index (χ4v) is 5.69. The Morgan fingerprint density at radius 1 is 1.23 bits per heavy atom. The molecule has 1 fully saturated rings. The van der Waals surface area contributed by atoms with Gasteiger partial charge in [-0.05, 0) is 60.7 Å². The van der Waals surface area contributed by atoms with Gasteiger partial charge in [0.25, 0.3) is 0 Å². The molecule has 3 heterocycles. The number of carbonyl (C=O) groups excluding carboxylic acids is 1. The largest absolute Gasteiger partial charge is 0.328 e. The van der Waals surface area contributed by atoms with Gasteiger partial charge in [-0.1, -0.05) is 6.08 Å². The molecule has 0 radical (unpaired) electrons. The molecule has 0 unspecified atom stereocenters. The second-order valence-corrected chi connectivity index (χ2v) is 9.72. The normalized spacial score (nSPS) is 15.8. The van der Waals surface area contributed by atoms with Crippen molar-refractivity contribution in [3.05, 3.63) is 67.0 Å². The van der Waals surface area contributed by atoms with Crippen molar-refractivity contribution in [1.82, 2.24) is 13.9 Å². The van der Waals surface area contributed by atoms with E-state index in [1.165, 1.54) is 12.5 Å². The van der Waals surface area contributed by atoms with Gasteiger partial charge in [0.15, 0.2) is 0 Å². The Balaban J connectivity index is 1.50. The smallest absolute Gasteiger partial charge is 0.243 e. The average molecular weight is 439 g/mol. The van der Waals surface area contributed by atoms with Gasteiger partial charge in [-0.25, -0.2) is 13.4 Å². The topological polar surface area (TPSA) is 84.3 Å². The van der Waals surface area contributed by atoms with Crippen LogP contribution in [0.3, 0.4) is 0 Å². The molecule has 8 heteroatoms. The van der Waals surface area contributed by atoms with Gasteiger partial charge in [0.1, 0.15) is 5.65 Å². The van der Waals surface area contributed by atoms with Crippen LogP contribution in [0.5, 0.6) is 0 Å². The van der Waals surface area contributed by atoms with Crippen LogP contribution < -0.4 is 5.32 Å². The predicted molar refractivity (Wildman–Crippen MR) is 121 cm³/mol. The van der Waals surface area contributed by atoms with E-state index in [0.29, 0.717) is 25.3 Å². The van der Waals surface area contributed by atoms with Gasteiger partial charge in [-0.3, -0.25) is 4.79 Å². The number of nitrogens with zero attached hydrogens (tertiary/aromatic N) is 3. The molecule has 7 nitrogen and oxygen atoms in total. The van der Waals surface area contributed by atoms with Crippen molar-refractivity contribution >= 4 is 32.7 Å². The maximum Gasteiger partial charge on any atom is 0.243 e. The number of sulfonamides is 1. The Morgan fingerprint density at radius 3 is 2.58 bits per heavy atom. The van der Waals surface area contributed by atoms with Gasteiger partial charge in [0.2, 0.25) is 15.9 Å². The lowest BCUT2D eigenvalue weighted by Gasteiger charge is -2.31. The molecule has 0 atom stereocenters. The van der Waals surface area contributed by atoms with Crippen LogP contribution in [-0.2, 0) is 21.4 Å². The van der Waals surface area contributed by atoms with E-state index in [1.54, 1.807) is 34.8 Å². The maximum absolute atomic E-state index is 13.1. The number of anilines is 1. The zero-order valence-corrected chi connectivity index (χ0v) is 18.3. The van der Waals surface area contributed by atoms with Crippen LogP contribution in [0.15, 0.2) is 66.3 Å². The van der Waals surface area contributed by atoms with E-state index in [4.69, 9.17) is 0 Å². The molecule has 1 aliphatic rings. The molecule has 1 amide bonds. The van der Waals surface area contributed by atoms with Gasteiger partial charge < -0.3 is 9.88 Å². The monoisotopic (exact) mass is 438 g/mol. The summed E-state index contributed by atoms with van der Waals surface area (Å²) in [7, 11) is -3.57. The lowest BCUT2D eigenvalue weighted by molar-refractivity contribution is -0.114. The van der Waals surface area contributed by atoms with E-state index in [1.807, 2.05) is 12.1 Å². The van der Waals surface area contributed by atoms with E-state index in [-0.39, 0.29) is 16.7 Å². The highest BCUT2D eigenvalue weighted by molar-refractivity contribution is 7.89. The van der Waals surface area contributed by atoms with Crippen molar-refractivity contribution in [2.24, 2.45) is 0 Å². The number of aromatic nitrogens is 2. The van der Waals surface area contributed by atoms with Crippen LogP contribution in [0.4, 0.5) is 5.69 Å². The molecule has 162 valence electrons. The van der Waals surface area contributed by atoms with Crippen LogP contribution in [-0.4, -0.2) is 41.3 Å². The van der Waals surface area contributed by atoms with E-state index >= 15 is 0 Å². The van der Waals surface area contributed by atoms with Gasteiger partial charge in [-0.15, -0.1) is 6.58 Å². The Bertz CT molecular complexity index is 1210. The third-order valence-electron chi connectivity index (χ3n) is 5.70. The minimum absolute atomic E-state index is 0.192. The van der Waals surface area contributed by atoms with Crippen LogP contribution in [0.2, 0.25) is 0 Å². The van der Waals surface area contributed by atoms with Crippen LogP contribution in [0, 0.1) is 0 Å².